The van der Waals surface area contributed by atoms with E-state index in [9.17, 15) is 9.59 Å². The van der Waals surface area contributed by atoms with E-state index in [1.807, 2.05) is 32.0 Å². The monoisotopic (exact) mass is 390 g/mol. The molecule has 0 bridgehead atoms. The highest BCUT2D eigenvalue weighted by molar-refractivity contribution is 7.16. The molecule has 0 aliphatic heterocycles. The maximum absolute atomic E-state index is 13.2. The van der Waals surface area contributed by atoms with Crippen LogP contribution in [0.3, 0.4) is 0 Å². The van der Waals surface area contributed by atoms with E-state index in [4.69, 9.17) is 9.47 Å². The topological polar surface area (TPSA) is 67.9 Å². The van der Waals surface area contributed by atoms with Crippen LogP contribution >= 0.6 is 11.3 Å². The van der Waals surface area contributed by atoms with Gasteiger partial charge in [0.1, 0.15) is 5.00 Å². The minimum Gasteiger partial charge on any atom is -0.383 e. The van der Waals surface area contributed by atoms with Gasteiger partial charge >= 0.3 is 0 Å². The fourth-order valence-electron chi connectivity index (χ4n) is 2.61. The Kier molecular flexibility index (Phi) is 7.97. The van der Waals surface area contributed by atoms with Crippen molar-refractivity contribution in [1.29, 1.82) is 0 Å². The summed E-state index contributed by atoms with van der Waals surface area (Å²) < 4.78 is 10.2. The van der Waals surface area contributed by atoms with Gasteiger partial charge in [-0.15, -0.1) is 11.3 Å². The molecule has 1 aromatic heterocycles. The van der Waals surface area contributed by atoms with Crippen molar-refractivity contribution in [2.45, 2.75) is 13.8 Å². The van der Waals surface area contributed by atoms with Gasteiger partial charge in [0.05, 0.1) is 18.8 Å². The normalized spacial score (nSPS) is 10.7. The van der Waals surface area contributed by atoms with Crippen LogP contribution in [-0.4, -0.2) is 57.2 Å². The number of anilines is 1. The molecule has 0 spiro atoms. The Morgan fingerprint density at radius 1 is 1.04 bits per heavy atom. The van der Waals surface area contributed by atoms with Crippen molar-refractivity contribution in [2.75, 3.05) is 45.8 Å². The molecule has 0 unspecified atom stereocenters. The Morgan fingerprint density at radius 3 is 2.19 bits per heavy atom. The summed E-state index contributed by atoms with van der Waals surface area (Å²) in [5, 5.41) is 3.48. The van der Waals surface area contributed by atoms with Crippen LogP contribution in [0.2, 0.25) is 0 Å². The molecule has 2 amide bonds. The van der Waals surface area contributed by atoms with E-state index in [0.717, 1.165) is 10.4 Å². The number of benzene rings is 1. The molecule has 1 heterocycles. The van der Waals surface area contributed by atoms with Crippen molar-refractivity contribution in [2.24, 2.45) is 0 Å². The van der Waals surface area contributed by atoms with Crippen LogP contribution in [0.5, 0.6) is 0 Å². The van der Waals surface area contributed by atoms with Gasteiger partial charge in [0.25, 0.3) is 11.8 Å². The number of carbonyl (C=O) groups is 2. The summed E-state index contributed by atoms with van der Waals surface area (Å²) in [5.74, 6) is -0.361. The first-order valence-corrected chi connectivity index (χ1v) is 9.54. The SMILES string of the molecule is COCCN(CCOC)C(=O)c1c(NC(=O)c2ccccc2)sc(C)c1C. The highest BCUT2D eigenvalue weighted by Gasteiger charge is 2.25. The molecule has 27 heavy (non-hydrogen) atoms. The number of hydrogen-bond acceptors (Lipinski definition) is 5. The first kappa shape index (κ1) is 21.1. The second-order valence-corrected chi connectivity index (χ2v) is 7.31. The van der Waals surface area contributed by atoms with Gasteiger partial charge in [-0.25, -0.2) is 0 Å². The maximum Gasteiger partial charge on any atom is 0.257 e. The number of carbonyl (C=O) groups excluding carboxylic acids is 2. The summed E-state index contributed by atoms with van der Waals surface area (Å²) in [5.41, 5.74) is 1.97. The average molecular weight is 391 g/mol. The maximum atomic E-state index is 13.2. The van der Waals surface area contributed by atoms with Crippen LogP contribution < -0.4 is 5.32 Å². The van der Waals surface area contributed by atoms with Gasteiger partial charge < -0.3 is 19.7 Å². The smallest absolute Gasteiger partial charge is 0.257 e. The highest BCUT2D eigenvalue weighted by atomic mass is 32.1. The van der Waals surface area contributed by atoms with Crippen molar-refractivity contribution in [3.63, 3.8) is 0 Å². The molecule has 2 rings (SSSR count). The number of methoxy groups -OCH3 is 2. The molecule has 0 saturated carbocycles. The Morgan fingerprint density at radius 2 is 1.63 bits per heavy atom. The van der Waals surface area contributed by atoms with Crippen LogP contribution in [0.1, 0.15) is 31.2 Å². The van der Waals surface area contributed by atoms with Gasteiger partial charge in [0.2, 0.25) is 0 Å². The first-order chi connectivity index (χ1) is 13.0. The zero-order valence-electron chi connectivity index (χ0n) is 16.2. The van der Waals surface area contributed by atoms with Crippen molar-refractivity contribution in [3.05, 3.63) is 51.9 Å². The van der Waals surface area contributed by atoms with Gasteiger partial charge in [0.15, 0.2) is 0 Å². The molecule has 0 saturated heterocycles. The molecule has 0 radical (unpaired) electrons. The molecule has 0 fully saturated rings. The summed E-state index contributed by atoms with van der Waals surface area (Å²) in [7, 11) is 3.20. The van der Waals surface area contributed by atoms with E-state index in [-0.39, 0.29) is 11.8 Å². The molecule has 6 nitrogen and oxygen atoms in total. The lowest BCUT2D eigenvalue weighted by Gasteiger charge is -2.23. The quantitative estimate of drug-likeness (QED) is 0.713. The summed E-state index contributed by atoms with van der Waals surface area (Å²) in [6.45, 7) is 5.64. The van der Waals surface area contributed by atoms with Crippen LogP contribution in [0.4, 0.5) is 5.00 Å². The van der Waals surface area contributed by atoms with E-state index in [1.54, 1.807) is 31.3 Å². The zero-order chi connectivity index (χ0) is 19.8. The predicted octanol–water partition coefficient (Wildman–Crippen LogP) is 3.35. The molecule has 2 aromatic rings. The third kappa shape index (κ3) is 5.38. The molecule has 0 aliphatic rings. The number of ether oxygens (including phenoxy) is 2. The van der Waals surface area contributed by atoms with Crippen LogP contribution in [0, 0.1) is 13.8 Å². The number of nitrogens with one attached hydrogen (secondary N) is 1. The molecular formula is C20H26N2O4S. The van der Waals surface area contributed by atoms with Crippen LogP contribution in [-0.2, 0) is 9.47 Å². The summed E-state index contributed by atoms with van der Waals surface area (Å²) in [4.78, 5) is 28.4. The number of nitrogens with zero attached hydrogens (tertiary/aromatic N) is 1. The third-order valence-electron chi connectivity index (χ3n) is 4.28. The van der Waals surface area contributed by atoms with Gasteiger partial charge in [-0.1, -0.05) is 18.2 Å². The van der Waals surface area contributed by atoms with E-state index in [2.05, 4.69) is 5.32 Å². The third-order valence-corrected chi connectivity index (χ3v) is 5.40. The summed E-state index contributed by atoms with van der Waals surface area (Å²) in [6, 6.07) is 8.96. The van der Waals surface area contributed by atoms with E-state index in [0.29, 0.717) is 42.4 Å². The molecule has 7 heteroatoms. The van der Waals surface area contributed by atoms with E-state index in [1.165, 1.54) is 11.3 Å². The van der Waals surface area contributed by atoms with Crippen molar-refractivity contribution in [1.82, 2.24) is 4.90 Å². The van der Waals surface area contributed by atoms with Gasteiger partial charge in [0, 0.05) is 37.7 Å². The predicted molar refractivity (Wildman–Crippen MR) is 108 cm³/mol. The highest BCUT2D eigenvalue weighted by Crippen LogP contribution is 2.33. The van der Waals surface area contributed by atoms with Crippen molar-refractivity contribution in [3.8, 4) is 0 Å². The molecule has 1 aromatic carbocycles. The Hall–Kier alpha value is -2.22. The average Bonchev–Trinajstić information content (AvgIpc) is 2.95. The van der Waals surface area contributed by atoms with E-state index < -0.39 is 0 Å². The molecule has 146 valence electrons. The molecule has 1 N–H and O–H groups in total. The summed E-state index contributed by atoms with van der Waals surface area (Å²) in [6.07, 6.45) is 0. The van der Waals surface area contributed by atoms with Crippen molar-refractivity contribution >= 4 is 28.2 Å². The first-order valence-electron chi connectivity index (χ1n) is 8.73. The lowest BCUT2D eigenvalue weighted by atomic mass is 10.1. The van der Waals surface area contributed by atoms with Gasteiger partial charge in [-0.05, 0) is 31.5 Å². The number of amides is 2. The molecule has 0 atom stereocenters. The minimum absolute atomic E-state index is 0.130. The lowest BCUT2D eigenvalue weighted by molar-refractivity contribution is 0.0628. The summed E-state index contributed by atoms with van der Waals surface area (Å²) >= 11 is 1.42. The largest absolute Gasteiger partial charge is 0.383 e. The Bertz CT molecular complexity index is 766. The molecular weight excluding hydrogens is 364 g/mol. The lowest BCUT2D eigenvalue weighted by Crippen LogP contribution is -2.37. The Labute approximate surface area is 164 Å². The Balaban J connectivity index is 2.29. The van der Waals surface area contributed by atoms with E-state index >= 15 is 0 Å². The standard InChI is InChI=1S/C20H26N2O4S/c1-14-15(2)27-19(21-18(23)16-8-6-5-7-9-16)17(14)20(24)22(10-12-25-3)11-13-26-4/h5-9H,10-13H2,1-4H3,(H,21,23). The van der Waals surface area contributed by atoms with Crippen LogP contribution in [0.25, 0.3) is 0 Å². The fourth-order valence-corrected chi connectivity index (χ4v) is 3.66. The fraction of sp³-hybridized carbons (Fsp3) is 0.400. The number of rotatable bonds is 9. The molecule has 0 aliphatic carbocycles. The van der Waals surface area contributed by atoms with Crippen LogP contribution in [0.15, 0.2) is 30.3 Å². The van der Waals surface area contributed by atoms with Crippen molar-refractivity contribution < 1.29 is 19.1 Å². The second kappa shape index (κ2) is 10.2. The zero-order valence-corrected chi connectivity index (χ0v) is 17.0. The minimum atomic E-state index is -0.230. The number of thiophene rings is 1. The number of aryl methyl sites for hydroxylation is 1. The second-order valence-electron chi connectivity index (χ2n) is 6.09. The van der Waals surface area contributed by atoms with Gasteiger partial charge in [-0.2, -0.15) is 0 Å². The number of hydrogen-bond donors (Lipinski definition) is 1. The van der Waals surface area contributed by atoms with Gasteiger partial charge in [-0.3, -0.25) is 9.59 Å².